The van der Waals surface area contributed by atoms with Gasteiger partial charge in [0, 0.05) is 5.02 Å². The summed E-state index contributed by atoms with van der Waals surface area (Å²) in [6.45, 7) is 1.63. The molecular weight excluding hydrogens is 352 g/mol. The van der Waals surface area contributed by atoms with Crippen LogP contribution in [-0.4, -0.2) is 19.2 Å². The molecular formula is C17H17ClO3S2. The number of rotatable bonds is 5. The van der Waals surface area contributed by atoms with Crippen molar-refractivity contribution in [3.8, 4) is 5.75 Å². The van der Waals surface area contributed by atoms with Crippen molar-refractivity contribution in [3.63, 3.8) is 0 Å². The van der Waals surface area contributed by atoms with Crippen molar-refractivity contribution < 1.29 is 14.3 Å². The second kappa shape index (κ2) is 7.51. The van der Waals surface area contributed by atoms with Crippen LogP contribution in [0, 0.1) is 0 Å². The van der Waals surface area contributed by atoms with Crippen molar-refractivity contribution in [3.05, 3.63) is 64.7 Å². The van der Waals surface area contributed by atoms with Crippen molar-refractivity contribution >= 4 is 42.8 Å². The average Bonchev–Trinajstić information content (AvgIpc) is 2.55. The number of esters is 1. The summed E-state index contributed by atoms with van der Waals surface area (Å²) in [5, 5.41) is 0.659. The number of carbonyl (C=O) groups is 1. The molecule has 0 saturated heterocycles. The lowest BCUT2D eigenvalue weighted by atomic mass is 10.0. The fraction of sp³-hybridized carbons (Fsp3) is 0.235. The lowest BCUT2D eigenvalue weighted by Gasteiger charge is -2.24. The van der Waals surface area contributed by atoms with Gasteiger partial charge in [-0.15, -0.1) is 0 Å². The molecule has 3 nitrogen and oxygen atoms in total. The van der Waals surface area contributed by atoms with E-state index in [-0.39, 0.29) is 0 Å². The Balaban J connectivity index is 2.18. The number of carbonyl (C=O) groups excluding carboxylic acids is 1. The van der Waals surface area contributed by atoms with E-state index in [1.165, 1.54) is 7.11 Å². The van der Waals surface area contributed by atoms with E-state index in [4.69, 9.17) is 16.3 Å². The van der Waals surface area contributed by atoms with E-state index >= 15 is 0 Å². The van der Waals surface area contributed by atoms with Crippen LogP contribution in [0.25, 0.3) is 0 Å². The molecule has 0 bridgehead atoms. The zero-order chi connectivity index (χ0) is 17.0. The van der Waals surface area contributed by atoms with E-state index in [9.17, 15) is 4.79 Å². The van der Waals surface area contributed by atoms with Crippen LogP contribution in [0.2, 0.25) is 5.02 Å². The first-order valence-electron chi connectivity index (χ1n) is 6.90. The molecule has 1 atom stereocenters. The molecule has 0 radical (unpaired) electrons. The van der Waals surface area contributed by atoms with E-state index in [0.717, 1.165) is 11.1 Å². The summed E-state index contributed by atoms with van der Waals surface area (Å²) in [5.74, 6) is 0.146. The Morgan fingerprint density at radius 2 is 1.52 bits per heavy atom. The summed E-state index contributed by atoms with van der Waals surface area (Å²) in [6, 6.07) is 14.6. The molecule has 0 aromatic heterocycles. The highest BCUT2D eigenvalue weighted by Crippen LogP contribution is 2.40. The standard InChI is InChI=1S/C17H17ClO3S2/c1-11(16(19)20-2)21-15-9-5-13(6-10-15)17(22,23)12-3-7-14(18)8-4-12/h3-11,22-23H,1-2H3. The summed E-state index contributed by atoms with van der Waals surface area (Å²) < 4.78 is 9.38. The molecule has 6 heteroatoms. The summed E-state index contributed by atoms with van der Waals surface area (Å²) >= 11 is 15.2. The molecule has 0 fully saturated rings. The second-order valence-corrected chi connectivity index (χ2v) is 7.12. The Labute approximate surface area is 151 Å². The van der Waals surface area contributed by atoms with E-state index < -0.39 is 16.2 Å². The predicted octanol–water partition coefficient (Wildman–Crippen LogP) is 4.34. The van der Waals surface area contributed by atoms with E-state index in [1.807, 2.05) is 24.3 Å². The third kappa shape index (κ3) is 4.37. The van der Waals surface area contributed by atoms with E-state index in [1.54, 1.807) is 31.2 Å². The first-order chi connectivity index (χ1) is 10.8. The number of ether oxygens (including phenoxy) is 2. The minimum Gasteiger partial charge on any atom is -0.479 e. The maximum Gasteiger partial charge on any atom is 0.346 e. The quantitative estimate of drug-likeness (QED) is 0.468. The summed E-state index contributed by atoms with van der Waals surface area (Å²) in [4.78, 5) is 11.4. The van der Waals surface area contributed by atoms with Crippen molar-refractivity contribution in [2.75, 3.05) is 7.11 Å². The number of thiol groups is 2. The Morgan fingerprint density at radius 1 is 1.04 bits per heavy atom. The third-order valence-corrected chi connectivity index (χ3v) is 4.63. The highest BCUT2D eigenvalue weighted by Gasteiger charge is 2.25. The van der Waals surface area contributed by atoms with Crippen molar-refractivity contribution in [1.82, 2.24) is 0 Å². The minimum absolute atomic E-state index is 0.423. The molecule has 1 unspecified atom stereocenters. The number of methoxy groups -OCH3 is 1. The van der Waals surface area contributed by atoms with E-state index in [2.05, 4.69) is 30.0 Å². The van der Waals surface area contributed by atoms with Crippen LogP contribution in [0.5, 0.6) is 5.75 Å². The highest BCUT2D eigenvalue weighted by molar-refractivity contribution is 8.00. The molecule has 2 rings (SSSR count). The van der Waals surface area contributed by atoms with Crippen molar-refractivity contribution in [2.45, 2.75) is 17.1 Å². The molecule has 0 spiro atoms. The van der Waals surface area contributed by atoms with Crippen LogP contribution in [0.4, 0.5) is 0 Å². The van der Waals surface area contributed by atoms with Gasteiger partial charge in [-0.25, -0.2) is 4.79 Å². The number of hydrogen-bond acceptors (Lipinski definition) is 5. The average molecular weight is 369 g/mol. The van der Waals surface area contributed by atoms with Gasteiger partial charge in [0.1, 0.15) is 9.83 Å². The summed E-state index contributed by atoms with van der Waals surface area (Å²) in [5.41, 5.74) is 1.79. The van der Waals surface area contributed by atoms with Crippen LogP contribution < -0.4 is 4.74 Å². The van der Waals surface area contributed by atoms with Gasteiger partial charge in [0.2, 0.25) is 0 Å². The molecule has 122 valence electrons. The Hall–Kier alpha value is -1.30. The van der Waals surface area contributed by atoms with Gasteiger partial charge >= 0.3 is 5.97 Å². The van der Waals surface area contributed by atoms with Crippen molar-refractivity contribution in [1.29, 1.82) is 0 Å². The van der Waals surface area contributed by atoms with Gasteiger partial charge in [-0.05, 0) is 42.3 Å². The molecule has 0 aliphatic heterocycles. The Bertz CT molecular complexity index is 669. The van der Waals surface area contributed by atoms with Crippen LogP contribution in [0.1, 0.15) is 18.1 Å². The topological polar surface area (TPSA) is 35.5 Å². The molecule has 0 aliphatic rings. The number of benzene rings is 2. The van der Waals surface area contributed by atoms with Crippen LogP contribution >= 0.6 is 36.9 Å². The van der Waals surface area contributed by atoms with Crippen LogP contribution in [0.3, 0.4) is 0 Å². The lowest BCUT2D eigenvalue weighted by Crippen LogP contribution is -2.24. The summed E-state index contributed by atoms with van der Waals surface area (Å²) in [6.07, 6.45) is -0.668. The van der Waals surface area contributed by atoms with Crippen molar-refractivity contribution in [2.24, 2.45) is 0 Å². The smallest absolute Gasteiger partial charge is 0.346 e. The maximum atomic E-state index is 11.4. The molecule has 0 aliphatic carbocycles. The highest BCUT2D eigenvalue weighted by atomic mass is 35.5. The molecule has 0 heterocycles. The fourth-order valence-electron chi connectivity index (χ4n) is 2.03. The molecule has 2 aromatic rings. The fourth-order valence-corrected chi connectivity index (χ4v) is 2.76. The summed E-state index contributed by atoms with van der Waals surface area (Å²) in [7, 11) is 1.33. The minimum atomic E-state index is -0.767. The van der Waals surface area contributed by atoms with Gasteiger partial charge in [0.25, 0.3) is 0 Å². The first-order valence-corrected chi connectivity index (χ1v) is 8.17. The van der Waals surface area contributed by atoms with Crippen LogP contribution in [0.15, 0.2) is 48.5 Å². The number of halogens is 1. The van der Waals surface area contributed by atoms with Gasteiger partial charge in [-0.1, -0.05) is 35.9 Å². The van der Waals surface area contributed by atoms with Gasteiger partial charge in [-0.3, -0.25) is 0 Å². The predicted molar refractivity (Wildman–Crippen MR) is 98.8 cm³/mol. The maximum absolute atomic E-state index is 11.4. The Morgan fingerprint density at radius 3 is 2.00 bits per heavy atom. The second-order valence-electron chi connectivity index (χ2n) is 4.99. The first kappa shape index (κ1) is 18.0. The Kier molecular flexibility index (Phi) is 5.89. The lowest BCUT2D eigenvalue weighted by molar-refractivity contribution is -0.147. The van der Waals surface area contributed by atoms with Gasteiger partial charge in [-0.2, -0.15) is 25.3 Å². The number of hydrogen-bond donors (Lipinski definition) is 2. The van der Waals surface area contributed by atoms with Gasteiger partial charge in [0.15, 0.2) is 6.10 Å². The molecule has 0 saturated carbocycles. The molecule has 23 heavy (non-hydrogen) atoms. The monoisotopic (exact) mass is 368 g/mol. The third-order valence-electron chi connectivity index (χ3n) is 3.35. The van der Waals surface area contributed by atoms with Gasteiger partial charge < -0.3 is 9.47 Å². The SMILES string of the molecule is COC(=O)C(C)Oc1ccc(C(S)(S)c2ccc(Cl)cc2)cc1. The normalized spacial score (nSPS) is 12.6. The van der Waals surface area contributed by atoms with E-state index in [0.29, 0.717) is 10.8 Å². The molecule has 0 N–H and O–H groups in total. The van der Waals surface area contributed by atoms with Gasteiger partial charge in [0.05, 0.1) is 7.11 Å². The molecule has 2 aromatic carbocycles. The molecule has 0 amide bonds. The zero-order valence-corrected chi connectivity index (χ0v) is 15.2. The van der Waals surface area contributed by atoms with Crippen LogP contribution in [-0.2, 0) is 13.6 Å². The largest absolute Gasteiger partial charge is 0.479 e. The zero-order valence-electron chi connectivity index (χ0n) is 12.7.